The second kappa shape index (κ2) is 6.91. The van der Waals surface area contributed by atoms with Gasteiger partial charge in [0.25, 0.3) is 0 Å². The molecule has 2 N–H and O–H groups in total. The summed E-state index contributed by atoms with van der Waals surface area (Å²) in [6, 6.07) is 14.2. The van der Waals surface area contributed by atoms with E-state index in [2.05, 4.69) is 41.9 Å². The molecule has 2 rings (SSSR count). The van der Waals surface area contributed by atoms with Gasteiger partial charge in [-0.25, -0.2) is 0 Å². The number of nitrogens with two attached hydrogens (primary N) is 1. The van der Waals surface area contributed by atoms with Crippen LogP contribution in [0, 0.1) is 0 Å². The van der Waals surface area contributed by atoms with E-state index in [0.717, 1.165) is 28.0 Å². The first-order chi connectivity index (χ1) is 9.65. The molecule has 0 heterocycles. The van der Waals surface area contributed by atoms with Crippen LogP contribution in [-0.4, -0.2) is 0 Å². The van der Waals surface area contributed by atoms with Gasteiger partial charge in [-0.1, -0.05) is 38.1 Å². The van der Waals surface area contributed by atoms with Gasteiger partial charge in [-0.05, 0) is 57.6 Å². The Morgan fingerprint density at radius 2 is 1.90 bits per heavy atom. The average molecular weight is 334 g/mol. The summed E-state index contributed by atoms with van der Waals surface area (Å²) >= 11 is 3.54. The van der Waals surface area contributed by atoms with Crippen molar-refractivity contribution in [3.63, 3.8) is 0 Å². The quantitative estimate of drug-likeness (QED) is 0.814. The molecule has 106 valence electrons. The molecule has 2 aromatic rings. The predicted molar refractivity (Wildman–Crippen MR) is 87.3 cm³/mol. The van der Waals surface area contributed by atoms with Gasteiger partial charge in [0.15, 0.2) is 0 Å². The maximum Gasteiger partial charge on any atom is 0.141 e. The van der Waals surface area contributed by atoms with Gasteiger partial charge < -0.3 is 10.5 Å². The van der Waals surface area contributed by atoms with Gasteiger partial charge in [0.2, 0.25) is 0 Å². The molecule has 0 aliphatic carbocycles. The number of para-hydroxylation sites is 1. The molecule has 0 aliphatic heterocycles. The Bertz CT molecular complexity index is 583. The van der Waals surface area contributed by atoms with Crippen molar-refractivity contribution in [3.8, 4) is 11.5 Å². The lowest BCUT2D eigenvalue weighted by Crippen LogP contribution is -1.98. The monoisotopic (exact) mass is 333 g/mol. The second-order valence-electron chi connectivity index (χ2n) is 4.92. The Labute approximate surface area is 129 Å². The van der Waals surface area contributed by atoms with Gasteiger partial charge in [0.05, 0.1) is 4.47 Å². The third kappa shape index (κ3) is 3.41. The Morgan fingerprint density at radius 1 is 1.15 bits per heavy atom. The summed E-state index contributed by atoms with van der Waals surface area (Å²) in [6.45, 7) is 4.94. The van der Waals surface area contributed by atoms with Crippen molar-refractivity contribution < 1.29 is 4.74 Å². The Hall–Kier alpha value is -1.32. The Kier molecular flexibility index (Phi) is 5.21. The highest BCUT2D eigenvalue weighted by Gasteiger charge is 2.11. The number of ether oxygens (including phenoxy) is 1. The molecule has 0 aromatic heterocycles. The van der Waals surface area contributed by atoms with Crippen LogP contribution in [0.5, 0.6) is 11.5 Å². The smallest absolute Gasteiger partial charge is 0.141 e. The highest BCUT2D eigenvalue weighted by atomic mass is 79.9. The van der Waals surface area contributed by atoms with Gasteiger partial charge in [-0.2, -0.15) is 0 Å². The zero-order valence-electron chi connectivity index (χ0n) is 11.9. The van der Waals surface area contributed by atoms with E-state index in [0.29, 0.717) is 12.5 Å². The third-order valence-electron chi connectivity index (χ3n) is 3.51. The molecule has 2 aromatic carbocycles. The molecule has 0 amide bonds. The first-order valence-corrected chi connectivity index (χ1v) is 7.70. The zero-order chi connectivity index (χ0) is 14.5. The SMILES string of the molecule is CCC(C)c1ccccc1Oc1ccc(CN)cc1Br. The highest BCUT2D eigenvalue weighted by Crippen LogP contribution is 2.35. The summed E-state index contributed by atoms with van der Waals surface area (Å²) in [5, 5.41) is 0. The number of benzene rings is 2. The van der Waals surface area contributed by atoms with E-state index < -0.39 is 0 Å². The van der Waals surface area contributed by atoms with Crippen molar-refractivity contribution >= 4 is 15.9 Å². The van der Waals surface area contributed by atoms with E-state index in [4.69, 9.17) is 10.5 Å². The molecule has 2 nitrogen and oxygen atoms in total. The van der Waals surface area contributed by atoms with Gasteiger partial charge >= 0.3 is 0 Å². The van der Waals surface area contributed by atoms with E-state index in [1.54, 1.807) is 0 Å². The van der Waals surface area contributed by atoms with Crippen molar-refractivity contribution in [2.45, 2.75) is 32.7 Å². The molecule has 1 atom stereocenters. The van der Waals surface area contributed by atoms with Crippen LogP contribution >= 0.6 is 15.9 Å². The van der Waals surface area contributed by atoms with E-state index in [1.807, 2.05) is 30.3 Å². The van der Waals surface area contributed by atoms with Crippen molar-refractivity contribution in [1.29, 1.82) is 0 Å². The molecule has 3 heteroatoms. The summed E-state index contributed by atoms with van der Waals surface area (Å²) in [7, 11) is 0. The van der Waals surface area contributed by atoms with Crippen LogP contribution in [0.15, 0.2) is 46.9 Å². The predicted octanol–water partition coefficient (Wildman–Crippen LogP) is 5.21. The number of hydrogen-bond donors (Lipinski definition) is 1. The summed E-state index contributed by atoms with van der Waals surface area (Å²) in [5.41, 5.74) is 7.96. The number of rotatable bonds is 5. The molecule has 0 saturated carbocycles. The summed E-state index contributed by atoms with van der Waals surface area (Å²) in [5.74, 6) is 2.22. The fraction of sp³-hybridized carbons (Fsp3) is 0.294. The van der Waals surface area contributed by atoms with Crippen molar-refractivity contribution in [1.82, 2.24) is 0 Å². The van der Waals surface area contributed by atoms with Crippen molar-refractivity contribution in [2.24, 2.45) is 5.73 Å². The maximum atomic E-state index is 6.08. The van der Waals surface area contributed by atoms with E-state index in [1.165, 1.54) is 5.56 Å². The average Bonchev–Trinajstić information content (AvgIpc) is 2.49. The first-order valence-electron chi connectivity index (χ1n) is 6.91. The molecule has 0 fully saturated rings. The van der Waals surface area contributed by atoms with Gasteiger partial charge in [0, 0.05) is 6.54 Å². The van der Waals surface area contributed by atoms with Crippen LogP contribution in [0.4, 0.5) is 0 Å². The minimum atomic E-state index is 0.480. The van der Waals surface area contributed by atoms with Gasteiger partial charge in [-0.3, -0.25) is 0 Å². The van der Waals surface area contributed by atoms with Crippen LogP contribution in [0.2, 0.25) is 0 Å². The molecular weight excluding hydrogens is 314 g/mol. The van der Waals surface area contributed by atoms with Gasteiger partial charge in [0.1, 0.15) is 11.5 Å². The van der Waals surface area contributed by atoms with Crippen molar-refractivity contribution in [3.05, 3.63) is 58.1 Å². The normalized spacial score (nSPS) is 12.2. The van der Waals surface area contributed by atoms with Crippen molar-refractivity contribution in [2.75, 3.05) is 0 Å². The molecule has 0 bridgehead atoms. The van der Waals surface area contributed by atoms with Crippen LogP contribution in [0.25, 0.3) is 0 Å². The highest BCUT2D eigenvalue weighted by molar-refractivity contribution is 9.10. The standard InChI is InChI=1S/C17H20BrNO/c1-3-12(2)14-6-4-5-7-16(14)20-17-9-8-13(11-19)10-15(17)18/h4-10,12H,3,11,19H2,1-2H3. The molecule has 0 saturated heterocycles. The largest absolute Gasteiger partial charge is 0.456 e. The molecule has 0 spiro atoms. The number of halogens is 1. The first kappa shape index (κ1) is 15.1. The minimum Gasteiger partial charge on any atom is -0.456 e. The van der Waals surface area contributed by atoms with Crippen LogP contribution in [0.3, 0.4) is 0 Å². The molecule has 0 radical (unpaired) electrons. The third-order valence-corrected chi connectivity index (χ3v) is 4.13. The molecule has 0 aliphatic rings. The second-order valence-corrected chi connectivity index (χ2v) is 5.77. The zero-order valence-corrected chi connectivity index (χ0v) is 13.5. The molecule has 1 unspecified atom stereocenters. The minimum absolute atomic E-state index is 0.480. The number of hydrogen-bond acceptors (Lipinski definition) is 2. The summed E-state index contributed by atoms with van der Waals surface area (Å²) < 4.78 is 7.01. The maximum absolute atomic E-state index is 6.08. The van der Waals surface area contributed by atoms with E-state index in [9.17, 15) is 0 Å². The molecular formula is C17H20BrNO. The lowest BCUT2D eigenvalue weighted by molar-refractivity contribution is 0.467. The lowest BCUT2D eigenvalue weighted by Gasteiger charge is -2.16. The topological polar surface area (TPSA) is 35.2 Å². The Balaban J connectivity index is 2.30. The summed E-state index contributed by atoms with van der Waals surface area (Å²) in [4.78, 5) is 0. The van der Waals surface area contributed by atoms with E-state index >= 15 is 0 Å². The van der Waals surface area contributed by atoms with Crippen LogP contribution < -0.4 is 10.5 Å². The Morgan fingerprint density at radius 3 is 2.55 bits per heavy atom. The lowest BCUT2D eigenvalue weighted by atomic mass is 9.98. The fourth-order valence-corrected chi connectivity index (χ4v) is 2.58. The fourth-order valence-electron chi connectivity index (χ4n) is 2.07. The van der Waals surface area contributed by atoms with Crippen LogP contribution in [0.1, 0.15) is 37.3 Å². The van der Waals surface area contributed by atoms with Crippen LogP contribution in [-0.2, 0) is 6.54 Å². The van der Waals surface area contributed by atoms with E-state index in [-0.39, 0.29) is 0 Å². The summed E-state index contributed by atoms with van der Waals surface area (Å²) in [6.07, 6.45) is 1.09. The van der Waals surface area contributed by atoms with Gasteiger partial charge in [-0.15, -0.1) is 0 Å². The molecule has 20 heavy (non-hydrogen) atoms.